The van der Waals surface area contributed by atoms with E-state index in [1.54, 1.807) is 25.1 Å². The van der Waals surface area contributed by atoms with E-state index in [9.17, 15) is 17.6 Å². The lowest BCUT2D eigenvalue weighted by Gasteiger charge is -2.26. The Balaban J connectivity index is 1.73. The van der Waals surface area contributed by atoms with E-state index >= 15 is 0 Å². The number of para-hydroxylation sites is 1. The zero-order valence-corrected chi connectivity index (χ0v) is 15.0. The minimum Gasteiger partial charge on any atom is -0.337 e. The van der Waals surface area contributed by atoms with E-state index in [0.29, 0.717) is 18.8 Å². The number of aromatic nitrogens is 2. The molecule has 9 heteroatoms. The molecule has 26 heavy (non-hydrogen) atoms. The van der Waals surface area contributed by atoms with Gasteiger partial charge in [-0.1, -0.05) is 12.1 Å². The van der Waals surface area contributed by atoms with Crippen LogP contribution in [-0.4, -0.2) is 53.3 Å². The minimum atomic E-state index is -3.09. The molecule has 0 saturated carbocycles. The lowest BCUT2D eigenvalue weighted by molar-refractivity contribution is 0.0702. The van der Waals surface area contributed by atoms with Crippen LogP contribution in [0.4, 0.5) is 15.9 Å². The van der Waals surface area contributed by atoms with Gasteiger partial charge in [-0.2, -0.15) is 0 Å². The van der Waals surface area contributed by atoms with Crippen molar-refractivity contribution >= 4 is 27.2 Å². The lowest BCUT2D eigenvalue weighted by atomic mass is 10.2. The highest BCUT2D eigenvalue weighted by Gasteiger charge is 2.34. The van der Waals surface area contributed by atoms with Crippen LogP contribution in [0.1, 0.15) is 23.8 Å². The van der Waals surface area contributed by atoms with E-state index in [4.69, 9.17) is 0 Å². The second kappa shape index (κ2) is 7.36. The number of anilines is 2. The number of halogens is 1. The summed E-state index contributed by atoms with van der Waals surface area (Å²) in [6, 6.07) is 5.82. The highest BCUT2D eigenvalue weighted by atomic mass is 32.2. The number of carbonyl (C=O) groups is 1. The number of carbonyl (C=O) groups excluding carboxylic acids is 1. The molecule has 1 N–H and O–H groups in total. The molecule has 1 saturated heterocycles. The monoisotopic (exact) mass is 378 g/mol. The molecule has 1 aromatic heterocycles. The number of benzene rings is 1. The topological polar surface area (TPSA) is 92.3 Å². The maximum Gasteiger partial charge on any atom is 0.274 e. The lowest BCUT2D eigenvalue weighted by Crippen LogP contribution is -2.41. The van der Waals surface area contributed by atoms with Crippen LogP contribution in [-0.2, 0) is 9.84 Å². The first-order valence-electron chi connectivity index (χ1n) is 8.24. The van der Waals surface area contributed by atoms with Crippen LogP contribution in [0, 0.1) is 5.82 Å². The molecule has 138 valence electrons. The third kappa shape index (κ3) is 3.98. The normalized spacial score (nSPS) is 18.5. The summed E-state index contributed by atoms with van der Waals surface area (Å²) in [5, 5.41) is 2.79. The molecule has 0 bridgehead atoms. The molecule has 2 heterocycles. The van der Waals surface area contributed by atoms with E-state index in [1.807, 2.05) is 0 Å². The van der Waals surface area contributed by atoms with Crippen molar-refractivity contribution in [2.45, 2.75) is 19.4 Å². The maximum absolute atomic E-state index is 13.6. The Morgan fingerprint density at radius 1 is 1.31 bits per heavy atom. The van der Waals surface area contributed by atoms with Gasteiger partial charge in [-0.25, -0.2) is 22.8 Å². The van der Waals surface area contributed by atoms with Crippen molar-refractivity contribution in [2.24, 2.45) is 0 Å². The van der Waals surface area contributed by atoms with E-state index in [-0.39, 0.29) is 34.8 Å². The van der Waals surface area contributed by atoms with Crippen molar-refractivity contribution in [3.8, 4) is 0 Å². The molecule has 1 unspecified atom stereocenters. The molecule has 2 aromatic rings. The molecule has 1 fully saturated rings. The van der Waals surface area contributed by atoms with Crippen LogP contribution in [0.2, 0.25) is 0 Å². The summed E-state index contributed by atoms with van der Waals surface area (Å²) in [6.07, 6.45) is 3.08. The van der Waals surface area contributed by atoms with Crippen molar-refractivity contribution in [2.75, 3.05) is 23.4 Å². The Labute approximate surface area is 151 Å². The maximum atomic E-state index is 13.6. The number of hydrogen-bond acceptors (Lipinski definition) is 6. The second-order valence-electron chi connectivity index (χ2n) is 6.04. The summed E-state index contributed by atoms with van der Waals surface area (Å²) in [5.74, 6) is -0.405. The molecule has 0 radical (unpaired) electrons. The number of amides is 1. The SMILES string of the molecule is CCN(C(=O)c1cnc(Nc2ccccc2F)cn1)C1CCS(=O)(=O)C1. The zero-order chi connectivity index (χ0) is 18.7. The number of nitrogens with one attached hydrogen (secondary N) is 1. The van der Waals surface area contributed by atoms with Crippen LogP contribution in [0.5, 0.6) is 0 Å². The summed E-state index contributed by atoms with van der Waals surface area (Å²) in [7, 11) is -3.09. The molecule has 1 aliphatic heterocycles. The van der Waals surface area contributed by atoms with Gasteiger partial charge >= 0.3 is 0 Å². The Morgan fingerprint density at radius 3 is 2.65 bits per heavy atom. The second-order valence-corrected chi connectivity index (χ2v) is 8.27. The first kappa shape index (κ1) is 18.2. The highest BCUT2D eigenvalue weighted by molar-refractivity contribution is 7.91. The molecular formula is C17H19FN4O3S. The minimum absolute atomic E-state index is 0.0209. The summed E-state index contributed by atoms with van der Waals surface area (Å²) >= 11 is 0. The largest absolute Gasteiger partial charge is 0.337 e. The molecule has 1 atom stereocenters. The van der Waals surface area contributed by atoms with Gasteiger partial charge in [0.25, 0.3) is 5.91 Å². The van der Waals surface area contributed by atoms with E-state index in [0.717, 1.165) is 0 Å². The molecule has 0 spiro atoms. The fourth-order valence-electron chi connectivity index (χ4n) is 2.94. The van der Waals surface area contributed by atoms with E-state index in [1.165, 1.54) is 23.4 Å². The van der Waals surface area contributed by atoms with E-state index in [2.05, 4.69) is 15.3 Å². The zero-order valence-electron chi connectivity index (χ0n) is 14.2. The van der Waals surface area contributed by atoms with Gasteiger partial charge in [-0.05, 0) is 25.5 Å². The van der Waals surface area contributed by atoms with Crippen LogP contribution in [0.25, 0.3) is 0 Å². The summed E-state index contributed by atoms with van der Waals surface area (Å²) < 4.78 is 37.0. The average Bonchev–Trinajstić information content (AvgIpc) is 2.98. The van der Waals surface area contributed by atoms with Gasteiger partial charge in [0.05, 0.1) is 29.6 Å². The Bertz CT molecular complexity index is 902. The predicted molar refractivity (Wildman–Crippen MR) is 95.5 cm³/mol. The van der Waals surface area contributed by atoms with E-state index < -0.39 is 15.7 Å². The molecule has 1 aliphatic rings. The summed E-state index contributed by atoms with van der Waals surface area (Å²) in [5.41, 5.74) is 0.377. The Kier molecular flexibility index (Phi) is 5.17. The third-order valence-electron chi connectivity index (χ3n) is 4.26. The van der Waals surface area contributed by atoms with Crippen LogP contribution in [0.15, 0.2) is 36.7 Å². The molecule has 7 nitrogen and oxygen atoms in total. The van der Waals surface area contributed by atoms with Gasteiger partial charge in [0, 0.05) is 12.6 Å². The van der Waals surface area contributed by atoms with Gasteiger partial charge in [0.1, 0.15) is 17.3 Å². The van der Waals surface area contributed by atoms with Gasteiger partial charge in [0.15, 0.2) is 9.84 Å². The smallest absolute Gasteiger partial charge is 0.274 e. The van der Waals surface area contributed by atoms with Gasteiger partial charge < -0.3 is 10.2 Å². The number of rotatable bonds is 5. The Hall–Kier alpha value is -2.55. The number of nitrogens with zero attached hydrogens (tertiary/aromatic N) is 3. The Morgan fingerprint density at radius 2 is 2.08 bits per heavy atom. The molecule has 1 aromatic carbocycles. The quantitative estimate of drug-likeness (QED) is 0.856. The van der Waals surface area contributed by atoms with Crippen molar-refractivity contribution in [3.63, 3.8) is 0 Å². The number of sulfone groups is 1. The summed E-state index contributed by atoms with van der Waals surface area (Å²) in [4.78, 5) is 22.4. The highest BCUT2D eigenvalue weighted by Crippen LogP contribution is 2.20. The standard InChI is InChI=1S/C17H19FN4O3S/c1-2-22(12-7-8-26(24,25)11-12)17(23)15-9-20-16(10-19-15)21-14-6-4-3-5-13(14)18/h3-6,9-10,12H,2,7-8,11H2,1H3,(H,20,21). The van der Waals surface area contributed by atoms with Crippen molar-refractivity contribution in [3.05, 3.63) is 48.2 Å². The molecule has 3 rings (SSSR count). The summed E-state index contributed by atoms with van der Waals surface area (Å²) in [6.45, 7) is 2.18. The van der Waals surface area contributed by atoms with Gasteiger partial charge in [0.2, 0.25) is 0 Å². The first-order chi connectivity index (χ1) is 12.4. The fraction of sp³-hybridized carbons (Fsp3) is 0.353. The number of hydrogen-bond donors (Lipinski definition) is 1. The van der Waals surface area contributed by atoms with Gasteiger partial charge in [-0.15, -0.1) is 0 Å². The molecular weight excluding hydrogens is 359 g/mol. The third-order valence-corrected chi connectivity index (χ3v) is 6.01. The fourth-order valence-corrected chi connectivity index (χ4v) is 4.67. The van der Waals surface area contributed by atoms with Crippen molar-refractivity contribution < 1.29 is 17.6 Å². The molecule has 0 aliphatic carbocycles. The molecule has 1 amide bonds. The first-order valence-corrected chi connectivity index (χ1v) is 10.1. The van der Waals surface area contributed by atoms with Crippen molar-refractivity contribution in [1.29, 1.82) is 0 Å². The van der Waals surface area contributed by atoms with Crippen LogP contribution < -0.4 is 5.32 Å². The predicted octanol–water partition coefficient (Wildman–Crippen LogP) is 2.01. The van der Waals surface area contributed by atoms with Crippen LogP contribution >= 0.6 is 0 Å². The average molecular weight is 378 g/mol. The van der Waals surface area contributed by atoms with Crippen molar-refractivity contribution in [1.82, 2.24) is 14.9 Å². The van der Waals surface area contributed by atoms with Gasteiger partial charge in [-0.3, -0.25) is 4.79 Å². The van der Waals surface area contributed by atoms with Crippen LogP contribution in [0.3, 0.4) is 0 Å².